The average molecular weight is 414 g/mol. The van der Waals surface area contributed by atoms with Gasteiger partial charge in [-0.3, -0.25) is 10.1 Å². The van der Waals surface area contributed by atoms with E-state index in [0.717, 1.165) is 31.8 Å². The zero-order valence-electron chi connectivity index (χ0n) is 15.3. The van der Waals surface area contributed by atoms with Crippen LogP contribution in [0, 0.1) is 0 Å². The number of hydrogen-bond donors (Lipinski definition) is 2. The van der Waals surface area contributed by atoms with Crippen molar-refractivity contribution >= 4 is 34.1 Å². The van der Waals surface area contributed by atoms with Gasteiger partial charge in [0.05, 0.1) is 10.6 Å². The number of carbonyl (C=O) groups excluding carboxylic acids is 1. The fourth-order valence-electron chi connectivity index (χ4n) is 2.94. The predicted molar refractivity (Wildman–Crippen MR) is 105 cm³/mol. The Kier molecular flexibility index (Phi) is 6.96. The molecule has 8 nitrogen and oxygen atoms in total. The van der Waals surface area contributed by atoms with Crippen LogP contribution in [-0.4, -0.2) is 47.9 Å². The van der Waals surface area contributed by atoms with E-state index in [4.69, 9.17) is 0 Å². The van der Waals surface area contributed by atoms with Gasteiger partial charge in [0, 0.05) is 18.5 Å². The number of aryl methyl sites for hydroxylation is 1. The molecule has 2 N–H and O–H groups in total. The van der Waals surface area contributed by atoms with Crippen molar-refractivity contribution in [2.45, 2.75) is 30.6 Å². The Morgan fingerprint density at radius 3 is 2.70 bits per heavy atom. The van der Waals surface area contributed by atoms with Crippen molar-refractivity contribution in [2.24, 2.45) is 7.05 Å². The molecule has 2 heterocycles. The molecule has 0 spiro atoms. The van der Waals surface area contributed by atoms with E-state index in [1.165, 1.54) is 12.1 Å². The average Bonchev–Trinajstić information content (AvgIpc) is 3.03. The minimum atomic E-state index is -3.36. The standard InChI is InChI=1S/C17H23N5O3S.ClH/c1-3-26(24,25)14-6-4-5-13(11-14)16(23)20-17-19-15(21-22(17)2)12-7-9-18-10-8-12;/h4-6,11-12,18H,3,7-10H2,1-2H3,(H,19,20,21,23);1H. The Morgan fingerprint density at radius 2 is 2.04 bits per heavy atom. The van der Waals surface area contributed by atoms with Gasteiger partial charge >= 0.3 is 0 Å². The lowest BCUT2D eigenvalue weighted by atomic mass is 9.98. The first-order valence-corrected chi connectivity index (χ1v) is 10.3. The van der Waals surface area contributed by atoms with E-state index in [0.29, 0.717) is 5.95 Å². The highest BCUT2D eigenvalue weighted by atomic mass is 35.5. The summed E-state index contributed by atoms with van der Waals surface area (Å²) >= 11 is 0. The molecule has 1 aromatic heterocycles. The third-order valence-electron chi connectivity index (χ3n) is 4.54. The maximum absolute atomic E-state index is 12.5. The molecule has 0 aliphatic carbocycles. The maximum atomic E-state index is 12.5. The second-order valence-electron chi connectivity index (χ2n) is 6.33. The molecule has 0 atom stereocenters. The summed E-state index contributed by atoms with van der Waals surface area (Å²) in [6, 6.07) is 6.02. The lowest BCUT2D eigenvalue weighted by Gasteiger charge is -2.19. The van der Waals surface area contributed by atoms with Gasteiger partial charge in [0.25, 0.3) is 5.91 Å². The molecule has 148 valence electrons. The van der Waals surface area contributed by atoms with Gasteiger partial charge < -0.3 is 5.32 Å². The van der Waals surface area contributed by atoms with E-state index in [1.807, 2.05) is 0 Å². The van der Waals surface area contributed by atoms with Crippen LogP contribution >= 0.6 is 12.4 Å². The topological polar surface area (TPSA) is 106 Å². The van der Waals surface area contributed by atoms with Gasteiger partial charge in [-0.2, -0.15) is 10.1 Å². The fraction of sp³-hybridized carbons (Fsp3) is 0.471. The van der Waals surface area contributed by atoms with Crippen LogP contribution in [0.4, 0.5) is 5.95 Å². The van der Waals surface area contributed by atoms with Crippen molar-refractivity contribution in [3.8, 4) is 0 Å². The summed E-state index contributed by atoms with van der Waals surface area (Å²) in [5.41, 5.74) is 0.269. The van der Waals surface area contributed by atoms with Gasteiger partial charge in [0.15, 0.2) is 15.7 Å². The Balaban J connectivity index is 0.00000261. The first-order valence-electron chi connectivity index (χ1n) is 8.66. The van der Waals surface area contributed by atoms with Crippen molar-refractivity contribution in [1.29, 1.82) is 0 Å². The van der Waals surface area contributed by atoms with E-state index in [1.54, 1.807) is 30.8 Å². The molecule has 2 aromatic rings. The largest absolute Gasteiger partial charge is 0.317 e. The van der Waals surface area contributed by atoms with Gasteiger partial charge in [-0.15, -0.1) is 12.4 Å². The van der Waals surface area contributed by atoms with Crippen molar-refractivity contribution in [3.05, 3.63) is 35.7 Å². The molecule has 0 radical (unpaired) electrons. The molecule has 1 aliphatic rings. The van der Waals surface area contributed by atoms with Crippen molar-refractivity contribution in [1.82, 2.24) is 20.1 Å². The molecule has 0 saturated carbocycles. The van der Waals surface area contributed by atoms with E-state index in [-0.39, 0.29) is 34.5 Å². The summed E-state index contributed by atoms with van der Waals surface area (Å²) in [6.07, 6.45) is 1.93. The predicted octanol–water partition coefficient (Wildman–Crippen LogP) is 1.75. The Morgan fingerprint density at radius 1 is 1.33 bits per heavy atom. The number of nitrogens with one attached hydrogen (secondary N) is 2. The molecule has 1 fully saturated rings. The first kappa shape index (κ1) is 21.3. The van der Waals surface area contributed by atoms with E-state index in [2.05, 4.69) is 20.7 Å². The highest BCUT2D eigenvalue weighted by Crippen LogP contribution is 2.23. The highest BCUT2D eigenvalue weighted by molar-refractivity contribution is 7.91. The van der Waals surface area contributed by atoms with Crippen LogP contribution in [0.3, 0.4) is 0 Å². The number of rotatable bonds is 5. The van der Waals surface area contributed by atoms with Crippen LogP contribution in [0.5, 0.6) is 0 Å². The van der Waals surface area contributed by atoms with Crippen LogP contribution in [0.25, 0.3) is 0 Å². The van der Waals surface area contributed by atoms with E-state index < -0.39 is 15.7 Å². The molecule has 3 rings (SSSR count). The number of amides is 1. The third kappa shape index (κ3) is 4.85. The summed E-state index contributed by atoms with van der Waals surface area (Å²) < 4.78 is 25.6. The van der Waals surface area contributed by atoms with Gasteiger partial charge in [0.2, 0.25) is 5.95 Å². The fourth-order valence-corrected chi connectivity index (χ4v) is 3.86. The summed E-state index contributed by atoms with van der Waals surface area (Å²) in [6.45, 7) is 3.44. The molecule has 10 heteroatoms. The Hall–Kier alpha value is -1.97. The molecule has 27 heavy (non-hydrogen) atoms. The normalized spacial score (nSPS) is 15.2. The number of benzene rings is 1. The number of piperidine rings is 1. The molecular weight excluding hydrogens is 390 g/mol. The summed E-state index contributed by atoms with van der Waals surface area (Å²) in [5, 5.41) is 10.4. The quantitative estimate of drug-likeness (QED) is 0.773. The monoisotopic (exact) mass is 413 g/mol. The lowest BCUT2D eigenvalue weighted by molar-refractivity contribution is 0.102. The Bertz CT molecular complexity index is 907. The highest BCUT2D eigenvalue weighted by Gasteiger charge is 2.22. The van der Waals surface area contributed by atoms with Crippen LogP contribution in [0.15, 0.2) is 29.2 Å². The summed E-state index contributed by atoms with van der Waals surface area (Å²) in [5.74, 6) is 0.941. The number of anilines is 1. The lowest BCUT2D eigenvalue weighted by Crippen LogP contribution is -2.27. The summed E-state index contributed by atoms with van der Waals surface area (Å²) in [4.78, 5) is 17.1. The third-order valence-corrected chi connectivity index (χ3v) is 6.28. The van der Waals surface area contributed by atoms with Gasteiger partial charge in [-0.05, 0) is 44.1 Å². The first-order chi connectivity index (χ1) is 12.4. The smallest absolute Gasteiger partial charge is 0.258 e. The second-order valence-corrected chi connectivity index (χ2v) is 8.61. The number of aromatic nitrogens is 3. The van der Waals surface area contributed by atoms with E-state index in [9.17, 15) is 13.2 Å². The van der Waals surface area contributed by atoms with Crippen molar-refractivity contribution in [2.75, 3.05) is 24.2 Å². The van der Waals surface area contributed by atoms with Crippen LogP contribution in [0.1, 0.15) is 41.9 Å². The van der Waals surface area contributed by atoms with Crippen LogP contribution < -0.4 is 10.6 Å². The molecule has 1 aromatic carbocycles. The number of halogens is 1. The number of nitrogens with zero attached hydrogens (tertiary/aromatic N) is 3. The number of sulfone groups is 1. The molecule has 1 saturated heterocycles. The zero-order valence-corrected chi connectivity index (χ0v) is 16.9. The number of hydrogen-bond acceptors (Lipinski definition) is 6. The van der Waals surface area contributed by atoms with Gasteiger partial charge in [-0.1, -0.05) is 13.0 Å². The SMILES string of the molecule is CCS(=O)(=O)c1cccc(C(=O)Nc2nc(C3CCNCC3)nn2C)c1.Cl. The van der Waals surface area contributed by atoms with Crippen LogP contribution in [0.2, 0.25) is 0 Å². The maximum Gasteiger partial charge on any atom is 0.258 e. The van der Waals surface area contributed by atoms with E-state index >= 15 is 0 Å². The number of carbonyl (C=O) groups is 1. The van der Waals surface area contributed by atoms with Crippen molar-refractivity contribution in [3.63, 3.8) is 0 Å². The molecule has 0 bridgehead atoms. The van der Waals surface area contributed by atoms with Crippen molar-refractivity contribution < 1.29 is 13.2 Å². The molecule has 1 aliphatic heterocycles. The minimum Gasteiger partial charge on any atom is -0.317 e. The van der Waals surface area contributed by atoms with Gasteiger partial charge in [-0.25, -0.2) is 13.1 Å². The van der Waals surface area contributed by atoms with Gasteiger partial charge in [0.1, 0.15) is 0 Å². The Labute approximate surface area is 165 Å². The minimum absolute atomic E-state index is 0. The zero-order chi connectivity index (χ0) is 18.7. The van der Waals surface area contributed by atoms with Crippen LogP contribution in [-0.2, 0) is 16.9 Å². The molecule has 1 amide bonds. The molecular formula is C17H24ClN5O3S. The molecule has 0 unspecified atom stereocenters. The second kappa shape index (κ2) is 8.81. The summed E-state index contributed by atoms with van der Waals surface area (Å²) in [7, 11) is -1.64.